The Labute approximate surface area is 265 Å². The Bertz CT molecular complexity index is 1360. The number of rotatable bonds is 5. The van der Waals surface area contributed by atoms with E-state index in [0.717, 1.165) is 35.3 Å². The fraction of sp³-hybridized carbons (Fsp3) is 0.529. The number of alkyl carbamates (subject to hydrolysis) is 1. The van der Waals surface area contributed by atoms with Crippen molar-refractivity contribution < 1.29 is 33.3 Å². The minimum Gasteiger partial charge on any atom is -0.493 e. The van der Waals surface area contributed by atoms with Gasteiger partial charge in [-0.05, 0) is 95.5 Å². The van der Waals surface area contributed by atoms with Crippen molar-refractivity contribution in [1.29, 1.82) is 0 Å². The summed E-state index contributed by atoms with van der Waals surface area (Å²) in [6.07, 6.45) is 0.570. The normalized spacial score (nSPS) is 16.0. The third-order valence-electron chi connectivity index (χ3n) is 7.26. The molecule has 0 spiro atoms. The molecular weight excluding hydrogens is 576 g/mol. The van der Waals surface area contributed by atoms with Crippen LogP contribution in [-0.4, -0.2) is 71.5 Å². The highest BCUT2D eigenvalue weighted by molar-refractivity contribution is 5.99. The third kappa shape index (κ3) is 11.0. The lowest BCUT2D eigenvalue weighted by atomic mass is 9.98. The van der Waals surface area contributed by atoms with E-state index in [2.05, 4.69) is 16.4 Å². The highest BCUT2D eigenvalue weighted by Gasteiger charge is 2.27. The minimum atomic E-state index is -0.799. The number of piperidine rings is 1. The van der Waals surface area contributed by atoms with E-state index in [4.69, 9.17) is 18.9 Å². The molecule has 0 aromatic heterocycles. The van der Waals surface area contributed by atoms with E-state index in [-0.39, 0.29) is 18.7 Å². The molecule has 1 N–H and O–H groups in total. The zero-order valence-corrected chi connectivity index (χ0v) is 27.3. The monoisotopic (exact) mass is 622 g/mol. The van der Waals surface area contributed by atoms with E-state index in [9.17, 15) is 14.4 Å². The van der Waals surface area contributed by atoms with Gasteiger partial charge in [0.15, 0.2) is 0 Å². The lowest BCUT2D eigenvalue weighted by molar-refractivity contribution is 0.0553. The molecule has 11 heteroatoms. The van der Waals surface area contributed by atoms with Crippen LogP contribution in [0.25, 0.3) is 0 Å². The van der Waals surface area contributed by atoms with Crippen LogP contribution in [0.3, 0.4) is 0 Å². The van der Waals surface area contributed by atoms with E-state index in [1.54, 1.807) is 46.4 Å². The molecule has 2 aliphatic rings. The van der Waals surface area contributed by atoms with Crippen molar-refractivity contribution in [2.45, 2.75) is 85.2 Å². The summed E-state index contributed by atoms with van der Waals surface area (Å²) < 4.78 is 22.5. The van der Waals surface area contributed by atoms with Gasteiger partial charge in [-0.2, -0.15) is 0 Å². The Balaban J connectivity index is 1.32. The zero-order chi connectivity index (χ0) is 32.6. The van der Waals surface area contributed by atoms with Gasteiger partial charge in [-0.3, -0.25) is 5.32 Å². The second kappa shape index (κ2) is 14.7. The van der Waals surface area contributed by atoms with Crippen LogP contribution in [0.5, 0.6) is 5.75 Å². The number of carbonyl (C=O) groups is 3. The first-order valence-corrected chi connectivity index (χ1v) is 15.5. The summed E-state index contributed by atoms with van der Waals surface area (Å²) in [6, 6.07) is 15.7. The summed E-state index contributed by atoms with van der Waals surface area (Å²) >= 11 is 0. The molecule has 0 radical (unpaired) electrons. The van der Waals surface area contributed by atoms with Crippen LogP contribution >= 0.6 is 0 Å². The number of likely N-dealkylation sites (tertiary alicyclic amines) is 1. The van der Waals surface area contributed by atoms with Crippen LogP contribution in [0.1, 0.15) is 71.1 Å². The molecule has 2 aromatic rings. The highest BCUT2D eigenvalue weighted by atomic mass is 16.6. The highest BCUT2D eigenvalue weighted by Crippen LogP contribution is 2.26. The maximum Gasteiger partial charge on any atom is 0.437 e. The first-order chi connectivity index (χ1) is 21.2. The molecule has 244 valence electrons. The van der Waals surface area contributed by atoms with Crippen molar-refractivity contribution in [2.24, 2.45) is 10.9 Å². The number of nitrogens with one attached hydrogen (secondary N) is 1. The van der Waals surface area contributed by atoms with E-state index in [1.807, 2.05) is 47.4 Å². The van der Waals surface area contributed by atoms with Gasteiger partial charge in [-0.25, -0.2) is 14.4 Å². The van der Waals surface area contributed by atoms with Crippen molar-refractivity contribution in [3.05, 3.63) is 65.2 Å². The second-order valence-electron chi connectivity index (χ2n) is 13.4. The molecule has 0 aliphatic carbocycles. The number of fused-ring (bicyclic) bond motifs is 1. The predicted molar refractivity (Wildman–Crippen MR) is 170 cm³/mol. The lowest BCUT2D eigenvalue weighted by Gasteiger charge is -2.32. The van der Waals surface area contributed by atoms with Gasteiger partial charge >= 0.3 is 18.3 Å². The topological polar surface area (TPSA) is 119 Å². The van der Waals surface area contributed by atoms with Crippen LogP contribution < -0.4 is 10.1 Å². The Morgan fingerprint density at radius 2 is 1.56 bits per heavy atom. The Hall–Kier alpha value is -4.28. The SMILES string of the molecule is CC(C)(C)OC(=O)N=C(NC(=O)OC(C)(C)C)N1CCc2ccc(OCC3CCN(C(=O)OCc4ccccc4)CC3)cc2C1. The van der Waals surface area contributed by atoms with Crippen molar-refractivity contribution in [1.82, 2.24) is 15.1 Å². The molecule has 2 aromatic carbocycles. The van der Waals surface area contributed by atoms with Crippen molar-refractivity contribution >= 4 is 24.2 Å². The molecule has 45 heavy (non-hydrogen) atoms. The molecular formula is C34H46N4O7. The molecule has 0 unspecified atom stereocenters. The molecule has 2 aliphatic heterocycles. The number of nitrogens with zero attached hydrogens (tertiary/aromatic N) is 3. The van der Waals surface area contributed by atoms with Crippen LogP contribution in [0.15, 0.2) is 53.5 Å². The first kappa shape index (κ1) is 33.6. The number of hydrogen-bond donors (Lipinski definition) is 1. The molecule has 0 saturated carbocycles. The summed E-state index contributed by atoms with van der Waals surface area (Å²) in [7, 11) is 0. The van der Waals surface area contributed by atoms with Gasteiger partial charge in [-0.1, -0.05) is 36.4 Å². The maximum absolute atomic E-state index is 12.6. The molecule has 3 amide bonds. The van der Waals surface area contributed by atoms with E-state index < -0.39 is 23.4 Å². The third-order valence-corrected chi connectivity index (χ3v) is 7.26. The lowest BCUT2D eigenvalue weighted by Crippen LogP contribution is -2.48. The van der Waals surface area contributed by atoms with Gasteiger partial charge in [0.25, 0.3) is 0 Å². The number of guanidine groups is 1. The van der Waals surface area contributed by atoms with Crippen LogP contribution in [-0.2, 0) is 33.8 Å². The zero-order valence-electron chi connectivity index (χ0n) is 27.3. The summed E-state index contributed by atoms with van der Waals surface area (Å²) in [5.41, 5.74) is 1.69. The fourth-order valence-electron chi connectivity index (χ4n) is 5.05. The maximum atomic E-state index is 12.6. The molecule has 2 heterocycles. The molecule has 1 fully saturated rings. The molecule has 1 saturated heterocycles. The van der Waals surface area contributed by atoms with Crippen LogP contribution in [0.2, 0.25) is 0 Å². The standard InChI is InChI=1S/C34H46N4O7/c1-33(2,3)44-30(39)35-29(36-31(40)45-34(4,5)6)38-19-16-26-12-13-28(20-27(26)21-38)42-22-25-14-17-37(18-15-25)32(41)43-23-24-10-8-7-9-11-24/h7-13,20,25H,14-19,21-23H2,1-6H3,(H,35,36,39,40). The average Bonchev–Trinajstić information content (AvgIpc) is 2.97. The van der Waals surface area contributed by atoms with Gasteiger partial charge < -0.3 is 28.7 Å². The number of amides is 3. The van der Waals surface area contributed by atoms with Crippen molar-refractivity contribution in [2.75, 3.05) is 26.2 Å². The molecule has 4 rings (SSSR count). The molecule has 0 bridgehead atoms. The quantitative estimate of drug-likeness (QED) is 0.235. The number of aliphatic imine (C=N–C) groups is 1. The largest absolute Gasteiger partial charge is 0.493 e. The van der Waals surface area contributed by atoms with Crippen molar-refractivity contribution in [3.63, 3.8) is 0 Å². The van der Waals surface area contributed by atoms with E-state index >= 15 is 0 Å². The van der Waals surface area contributed by atoms with Gasteiger partial charge in [-0.15, -0.1) is 4.99 Å². The first-order valence-electron chi connectivity index (χ1n) is 15.5. The minimum absolute atomic E-state index is 0.0736. The van der Waals surface area contributed by atoms with E-state index in [0.29, 0.717) is 45.1 Å². The number of ether oxygens (including phenoxy) is 4. The summed E-state index contributed by atoms with van der Waals surface area (Å²) in [6.45, 7) is 13.6. The van der Waals surface area contributed by atoms with Gasteiger partial charge in [0, 0.05) is 26.2 Å². The number of benzene rings is 2. The van der Waals surface area contributed by atoms with Crippen molar-refractivity contribution in [3.8, 4) is 5.75 Å². The van der Waals surface area contributed by atoms with Crippen LogP contribution in [0, 0.1) is 5.92 Å². The summed E-state index contributed by atoms with van der Waals surface area (Å²) in [5, 5.41) is 2.65. The number of carbonyl (C=O) groups excluding carboxylic acids is 3. The summed E-state index contributed by atoms with van der Waals surface area (Å²) in [5.74, 6) is 1.14. The van der Waals surface area contributed by atoms with Crippen LogP contribution in [0.4, 0.5) is 14.4 Å². The smallest absolute Gasteiger partial charge is 0.437 e. The van der Waals surface area contributed by atoms with Gasteiger partial charge in [0.05, 0.1) is 6.61 Å². The molecule has 0 atom stereocenters. The molecule has 11 nitrogen and oxygen atoms in total. The summed E-state index contributed by atoms with van der Waals surface area (Å²) in [4.78, 5) is 45.4. The Morgan fingerprint density at radius 3 is 2.22 bits per heavy atom. The number of hydrogen-bond acceptors (Lipinski definition) is 7. The van der Waals surface area contributed by atoms with Gasteiger partial charge in [0.1, 0.15) is 23.6 Å². The fourth-order valence-corrected chi connectivity index (χ4v) is 5.05. The predicted octanol–water partition coefficient (Wildman–Crippen LogP) is 6.29. The second-order valence-corrected chi connectivity index (χ2v) is 13.4. The average molecular weight is 623 g/mol. The van der Waals surface area contributed by atoms with E-state index in [1.165, 1.54) is 0 Å². The van der Waals surface area contributed by atoms with Gasteiger partial charge in [0.2, 0.25) is 5.96 Å². The Kier molecular flexibility index (Phi) is 11.0. The Morgan fingerprint density at radius 1 is 0.867 bits per heavy atom.